The zero-order chi connectivity index (χ0) is 20.6. The van der Waals surface area contributed by atoms with E-state index in [1.807, 2.05) is 19.1 Å². The van der Waals surface area contributed by atoms with Crippen molar-refractivity contribution < 1.29 is 28.5 Å². The summed E-state index contributed by atoms with van der Waals surface area (Å²) < 4.78 is 21.6. The topological polar surface area (TPSA) is 71.1 Å². The van der Waals surface area contributed by atoms with Gasteiger partial charge in [0, 0.05) is 5.92 Å². The van der Waals surface area contributed by atoms with Crippen LogP contribution in [0.15, 0.2) is 36.6 Å². The molecule has 1 fully saturated rings. The van der Waals surface area contributed by atoms with Gasteiger partial charge in [0.1, 0.15) is 0 Å². The van der Waals surface area contributed by atoms with Gasteiger partial charge in [-0.15, -0.1) is 6.58 Å². The Hall–Kier alpha value is -2.76. The monoisotopic (exact) mass is 386 g/mol. The van der Waals surface area contributed by atoms with Crippen molar-refractivity contribution in [1.82, 2.24) is 0 Å². The van der Waals surface area contributed by atoms with Gasteiger partial charge in [0.15, 0.2) is 23.0 Å². The fourth-order valence-corrected chi connectivity index (χ4v) is 4.75. The molecular weight excluding hydrogens is 360 g/mol. The van der Waals surface area contributed by atoms with E-state index in [2.05, 4.69) is 6.58 Å². The lowest BCUT2D eigenvalue weighted by atomic mass is 9.71. The quantitative estimate of drug-likeness (QED) is 0.529. The standard InChI is InChI=1S/C22H26O6/c1-7-8-22-11-16(27-5)19(23)18(21(22)24)17(12(22)2)13-9-14(25-3)20(28-6)15(10-13)26-4/h7,9-12,17-18H,1,8H2,2-6H3/t12?,17?,18-,22?/m1/s1. The molecular formula is C22H26O6. The molecule has 4 atom stereocenters. The second-order valence-electron chi connectivity index (χ2n) is 7.23. The summed E-state index contributed by atoms with van der Waals surface area (Å²) in [5.74, 6) is 0.0494. The summed E-state index contributed by atoms with van der Waals surface area (Å²) in [6.07, 6.45) is 3.87. The third kappa shape index (κ3) is 2.62. The summed E-state index contributed by atoms with van der Waals surface area (Å²) in [6.45, 7) is 5.81. The SMILES string of the molecule is C=CCC12C=C(OC)C(=O)[C@H](C1=O)C(c1cc(OC)c(OC)c(OC)c1)C2C. The van der Waals surface area contributed by atoms with Crippen LogP contribution < -0.4 is 14.2 Å². The molecule has 6 nitrogen and oxygen atoms in total. The van der Waals surface area contributed by atoms with Crippen LogP contribution in [0.25, 0.3) is 0 Å². The van der Waals surface area contributed by atoms with Gasteiger partial charge < -0.3 is 18.9 Å². The number of ketones is 2. The Kier molecular flexibility index (Phi) is 5.24. The second-order valence-corrected chi connectivity index (χ2v) is 7.23. The van der Waals surface area contributed by atoms with E-state index in [0.717, 1.165) is 5.56 Å². The van der Waals surface area contributed by atoms with Crippen molar-refractivity contribution in [2.75, 3.05) is 28.4 Å². The van der Waals surface area contributed by atoms with Crippen LogP contribution in [-0.2, 0) is 14.3 Å². The molecule has 0 heterocycles. The third-order valence-corrected chi connectivity index (χ3v) is 6.14. The van der Waals surface area contributed by atoms with E-state index < -0.39 is 11.3 Å². The van der Waals surface area contributed by atoms with Crippen LogP contribution in [0.2, 0.25) is 0 Å². The molecule has 3 unspecified atom stereocenters. The van der Waals surface area contributed by atoms with E-state index in [-0.39, 0.29) is 29.2 Å². The van der Waals surface area contributed by atoms with Crippen LogP contribution in [0, 0.1) is 17.3 Å². The first-order valence-corrected chi connectivity index (χ1v) is 9.16. The molecule has 0 spiro atoms. The summed E-state index contributed by atoms with van der Waals surface area (Å²) in [5.41, 5.74) is -0.0121. The minimum atomic E-state index is -0.809. The molecule has 6 heteroatoms. The number of carbonyl (C=O) groups excluding carboxylic acids is 2. The predicted molar refractivity (Wildman–Crippen MR) is 104 cm³/mol. The molecule has 1 saturated carbocycles. The van der Waals surface area contributed by atoms with E-state index in [1.54, 1.807) is 12.2 Å². The molecule has 0 amide bonds. The molecule has 0 N–H and O–H groups in total. The van der Waals surface area contributed by atoms with Gasteiger partial charge >= 0.3 is 0 Å². The molecule has 2 bridgehead atoms. The third-order valence-electron chi connectivity index (χ3n) is 6.14. The summed E-state index contributed by atoms with van der Waals surface area (Å²) in [7, 11) is 6.07. The lowest BCUT2D eigenvalue weighted by molar-refractivity contribution is -0.136. The van der Waals surface area contributed by atoms with Crippen molar-refractivity contribution in [1.29, 1.82) is 0 Å². The smallest absolute Gasteiger partial charge is 0.208 e. The fraction of sp³-hybridized carbons (Fsp3) is 0.455. The maximum atomic E-state index is 13.3. The summed E-state index contributed by atoms with van der Waals surface area (Å²) in [4.78, 5) is 26.3. The maximum absolute atomic E-state index is 13.3. The number of hydrogen-bond acceptors (Lipinski definition) is 6. The molecule has 0 saturated heterocycles. The highest BCUT2D eigenvalue weighted by Crippen LogP contribution is 2.59. The first-order chi connectivity index (χ1) is 13.4. The molecule has 1 aromatic carbocycles. The Morgan fingerprint density at radius 3 is 2.11 bits per heavy atom. The molecule has 2 aliphatic rings. The van der Waals surface area contributed by atoms with Gasteiger partial charge in [-0.05, 0) is 36.1 Å². The van der Waals surface area contributed by atoms with Gasteiger partial charge in [-0.25, -0.2) is 0 Å². The average Bonchev–Trinajstić information content (AvgIpc) is 2.85. The molecule has 3 rings (SSSR count). The van der Waals surface area contributed by atoms with E-state index in [0.29, 0.717) is 23.7 Å². The minimum Gasteiger partial charge on any atom is -0.493 e. The van der Waals surface area contributed by atoms with Gasteiger partial charge in [0.25, 0.3) is 0 Å². The Labute approximate surface area is 165 Å². The first kappa shape index (κ1) is 20.0. The maximum Gasteiger partial charge on any atom is 0.208 e. The number of fused-ring (bicyclic) bond motifs is 2. The lowest BCUT2D eigenvalue weighted by Crippen LogP contribution is -2.38. The first-order valence-electron chi connectivity index (χ1n) is 9.16. The average molecular weight is 386 g/mol. The van der Waals surface area contributed by atoms with Crippen molar-refractivity contribution in [2.24, 2.45) is 17.3 Å². The number of benzene rings is 1. The highest BCUT2D eigenvalue weighted by Gasteiger charge is 2.62. The van der Waals surface area contributed by atoms with Gasteiger partial charge in [-0.2, -0.15) is 0 Å². The number of methoxy groups -OCH3 is 4. The van der Waals surface area contributed by atoms with Crippen LogP contribution >= 0.6 is 0 Å². The van der Waals surface area contributed by atoms with Crippen molar-refractivity contribution in [3.8, 4) is 17.2 Å². The number of hydrogen-bond donors (Lipinski definition) is 0. The molecule has 0 aromatic heterocycles. The van der Waals surface area contributed by atoms with Crippen molar-refractivity contribution in [3.63, 3.8) is 0 Å². The van der Waals surface area contributed by atoms with Crippen molar-refractivity contribution in [3.05, 3.63) is 42.2 Å². The number of Topliss-reactive ketones (excluding diaryl/α,β-unsaturated/α-hetero) is 2. The van der Waals surface area contributed by atoms with E-state index in [9.17, 15) is 9.59 Å². The summed E-state index contributed by atoms with van der Waals surface area (Å²) in [6, 6.07) is 3.63. The number of rotatable bonds is 7. The normalized spacial score (nSPS) is 28.6. The highest BCUT2D eigenvalue weighted by molar-refractivity contribution is 6.17. The van der Waals surface area contributed by atoms with Gasteiger partial charge in [0.2, 0.25) is 11.5 Å². The molecule has 2 aliphatic carbocycles. The van der Waals surface area contributed by atoms with E-state index >= 15 is 0 Å². The Morgan fingerprint density at radius 1 is 1.04 bits per heavy atom. The number of carbonyl (C=O) groups is 2. The van der Waals surface area contributed by atoms with E-state index in [4.69, 9.17) is 18.9 Å². The summed E-state index contributed by atoms with van der Waals surface area (Å²) >= 11 is 0. The zero-order valence-electron chi connectivity index (χ0n) is 16.9. The Balaban J connectivity index is 2.21. The lowest BCUT2D eigenvalue weighted by Gasteiger charge is -2.31. The van der Waals surface area contributed by atoms with E-state index in [1.165, 1.54) is 28.4 Å². The largest absolute Gasteiger partial charge is 0.493 e. The molecule has 150 valence electrons. The predicted octanol–water partition coefficient (Wildman–Crippen LogP) is 3.31. The van der Waals surface area contributed by atoms with Gasteiger partial charge in [-0.1, -0.05) is 13.0 Å². The van der Waals surface area contributed by atoms with Crippen LogP contribution in [0.3, 0.4) is 0 Å². The summed E-state index contributed by atoms with van der Waals surface area (Å²) in [5, 5.41) is 0. The van der Waals surface area contributed by atoms with Crippen molar-refractivity contribution >= 4 is 11.6 Å². The number of ether oxygens (including phenoxy) is 4. The van der Waals surface area contributed by atoms with Crippen LogP contribution in [0.1, 0.15) is 24.8 Å². The minimum absolute atomic E-state index is 0.0792. The van der Waals surface area contributed by atoms with Gasteiger partial charge in [-0.3, -0.25) is 9.59 Å². The van der Waals surface area contributed by atoms with Crippen molar-refractivity contribution in [2.45, 2.75) is 19.3 Å². The fourth-order valence-electron chi connectivity index (χ4n) is 4.75. The second kappa shape index (κ2) is 7.34. The zero-order valence-corrected chi connectivity index (χ0v) is 16.9. The molecule has 0 radical (unpaired) electrons. The molecule has 0 aliphatic heterocycles. The Morgan fingerprint density at radius 2 is 1.64 bits per heavy atom. The highest BCUT2D eigenvalue weighted by atomic mass is 16.5. The van der Waals surface area contributed by atoms with Crippen LogP contribution in [0.4, 0.5) is 0 Å². The molecule has 1 aromatic rings. The Bertz CT molecular complexity index is 830. The van der Waals surface area contributed by atoms with Gasteiger partial charge in [0.05, 0.1) is 39.8 Å². The van der Waals surface area contributed by atoms with Crippen LogP contribution in [0.5, 0.6) is 17.2 Å². The number of allylic oxidation sites excluding steroid dienone is 3. The van der Waals surface area contributed by atoms with Crippen LogP contribution in [-0.4, -0.2) is 40.0 Å². The molecule has 28 heavy (non-hydrogen) atoms.